The number of primary amides is 1. The van der Waals surface area contributed by atoms with Crippen molar-refractivity contribution in [3.8, 4) is 0 Å². The third kappa shape index (κ3) is 8.08. The van der Waals surface area contributed by atoms with E-state index in [1.165, 1.54) is 64.2 Å². The zero-order valence-corrected chi connectivity index (χ0v) is 29.8. The minimum atomic E-state index is -0.409. The highest BCUT2D eigenvalue weighted by atomic mass is 16.5. The number of nitrogens with zero attached hydrogens (tertiary/aromatic N) is 1. The summed E-state index contributed by atoms with van der Waals surface area (Å²) in [5.41, 5.74) is 6.81. The van der Waals surface area contributed by atoms with Crippen molar-refractivity contribution in [2.24, 2.45) is 46.2 Å². The fourth-order valence-corrected chi connectivity index (χ4v) is 10.0. The van der Waals surface area contributed by atoms with Gasteiger partial charge in [-0.3, -0.25) is 14.4 Å². The first-order chi connectivity index (χ1) is 22.0. The van der Waals surface area contributed by atoms with E-state index in [0.717, 1.165) is 55.4 Å². The van der Waals surface area contributed by atoms with Crippen molar-refractivity contribution in [1.82, 2.24) is 4.90 Å². The average molecular weight is 641 g/mol. The lowest BCUT2D eigenvalue weighted by molar-refractivity contribution is -0.106. The van der Waals surface area contributed by atoms with Gasteiger partial charge in [-0.05, 0) is 125 Å². The van der Waals surface area contributed by atoms with Gasteiger partial charge in [0.1, 0.15) is 11.4 Å². The van der Waals surface area contributed by atoms with Crippen LogP contribution < -0.4 is 27.2 Å². The first kappa shape index (κ1) is 36.6. The highest BCUT2D eigenvalue weighted by Crippen LogP contribution is 2.66. The highest BCUT2D eigenvalue weighted by molar-refractivity contribution is 5.73. The summed E-state index contributed by atoms with van der Waals surface area (Å²) in [7, 11) is 4.06. The van der Waals surface area contributed by atoms with Crippen LogP contribution in [0.1, 0.15) is 111 Å². The number of carbonyl (C=O) groups is 1. The van der Waals surface area contributed by atoms with E-state index in [0.29, 0.717) is 41.9 Å². The molecule has 260 valence electrons. The van der Waals surface area contributed by atoms with Gasteiger partial charge in [-0.2, -0.15) is 0 Å². The van der Waals surface area contributed by atoms with Gasteiger partial charge in [-0.1, -0.05) is 58.6 Å². The SMILES string of the molecule is CC(C)CCCCC1CCC2C3CC=C4CC(OCCNc5c(NCCCN(C)C)c(=O)c5=O)CCC4(C)C3CCC12C.NC=O. The summed E-state index contributed by atoms with van der Waals surface area (Å²) in [4.78, 5) is 34.9. The van der Waals surface area contributed by atoms with Crippen LogP contribution in [0, 0.1) is 40.4 Å². The first-order valence-corrected chi connectivity index (χ1v) is 18.4. The molecule has 0 radical (unpaired) electrons. The summed E-state index contributed by atoms with van der Waals surface area (Å²) < 4.78 is 6.37. The van der Waals surface area contributed by atoms with Crippen LogP contribution in [0.2, 0.25) is 0 Å². The van der Waals surface area contributed by atoms with Crippen LogP contribution in [0.5, 0.6) is 0 Å². The first-order valence-electron chi connectivity index (χ1n) is 18.4. The maximum absolute atomic E-state index is 12.1. The summed E-state index contributed by atoms with van der Waals surface area (Å²) in [6.45, 7) is 12.7. The van der Waals surface area contributed by atoms with E-state index in [1.807, 2.05) is 14.1 Å². The summed E-state index contributed by atoms with van der Waals surface area (Å²) in [6, 6.07) is 0. The van der Waals surface area contributed by atoms with Crippen molar-refractivity contribution in [3.63, 3.8) is 0 Å². The zero-order valence-electron chi connectivity index (χ0n) is 29.8. The molecule has 1 amide bonds. The monoisotopic (exact) mass is 640 g/mol. The van der Waals surface area contributed by atoms with Gasteiger partial charge >= 0.3 is 0 Å². The number of rotatable bonds is 15. The Morgan fingerprint density at radius 2 is 1.67 bits per heavy atom. The molecule has 0 aromatic heterocycles. The lowest BCUT2D eigenvalue weighted by Crippen LogP contribution is -2.50. The summed E-state index contributed by atoms with van der Waals surface area (Å²) >= 11 is 0. The smallest absolute Gasteiger partial charge is 0.253 e. The van der Waals surface area contributed by atoms with Crippen molar-refractivity contribution in [1.29, 1.82) is 0 Å². The number of hydrogen-bond acceptors (Lipinski definition) is 7. The largest absolute Gasteiger partial charge is 0.380 e. The molecule has 0 bridgehead atoms. The molecular weight excluding hydrogens is 576 g/mol. The third-order valence-electron chi connectivity index (χ3n) is 12.6. The van der Waals surface area contributed by atoms with E-state index < -0.39 is 10.9 Å². The number of ether oxygens (including phenoxy) is 1. The predicted molar refractivity (Wildman–Crippen MR) is 190 cm³/mol. The fourth-order valence-electron chi connectivity index (χ4n) is 10.0. The zero-order chi connectivity index (χ0) is 33.5. The molecule has 4 N–H and O–H groups in total. The Bertz CT molecular complexity index is 1240. The summed E-state index contributed by atoms with van der Waals surface area (Å²) in [6.07, 6.45) is 20.2. The number of unbranched alkanes of at least 4 members (excludes halogenated alkanes) is 1. The van der Waals surface area contributed by atoms with Crippen molar-refractivity contribution >= 4 is 17.8 Å². The van der Waals surface area contributed by atoms with Crippen molar-refractivity contribution in [2.75, 3.05) is 51.0 Å². The van der Waals surface area contributed by atoms with E-state index >= 15 is 0 Å². The number of fused-ring (bicyclic) bond motifs is 5. The van der Waals surface area contributed by atoms with Crippen LogP contribution in [0.3, 0.4) is 0 Å². The molecule has 3 saturated carbocycles. The minimum absolute atomic E-state index is 0.250. The van der Waals surface area contributed by atoms with Crippen LogP contribution >= 0.6 is 0 Å². The van der Waals surface area contributed by atoms with Crippen LogP contribution in [-0.2, 0) is 9.53 Å². The second-order valence-corrected chi connectivity index (χ2v) is 16.0. The summed E-state index contributed by atoms with van der Waals surface area (Å²) in [5, 5.41) is 6.34. The molecule has 46 heavy (non-hydrogen) atoms. The van der Waals surface area contributed by atoms with Crippen molar-refractivity contribution in [2.45, 2.75) is 117 Å². The van der Waals surface area contributed by atoms with Gasteiger partial charge in [0.15, 0.2) is 0 Å². The maximum Gasteiger partial charge on any atom is 0.253 e. The molecule has 5 rings (SSSR count). The van der Waals surface area contributed by atoms with Crippen LogP contribution in [0.4, 0.5) is 11.4 Å². The maximum atomic E-state index is 12.1. The van der Waals surface area contributed by atoms with E-state index in [1.54, 1.807) is 5.57 Å². The Morgan fingerprint density at radius 1 is 0.978 bits per heavy atom. The minimum Gasteiger partial charge on any atom is -0.380 e. The van der Waals surface area contributed by atoms with Gasteiger partial charge in [-0.25, -0.2) is 0 Å². The highest BCUT2D eigenvalue weighted by Gasteiger charge is 2.58. The Morgan fingerprint density at radius 3 is 2.35 bits per heavy atom. The van der Waals surface area contributed by atoms with Crippen LogP contribution in [-0.4, -0.2) is 57.8 Å². The average Bonchev–Trinajstić information content (AvgIpc) is 3.35. The predicted octanol–water partition coefficient (Wildman–Crippen LogP) is 6.34. The number of carbonyl (C=O) groups excluding carboxylic acids is 1. The summed E-state index contributed by atoms with van der Waals surface area (Å²) in [5.74, 6) is 4.41. The van der Waals surface area contributed by atoms with Crippen LogP contribution in [0.25, 0.3) is 0 Å². The number of hydrogen-bond donors (Lipinski definition) is 3. The lowest BCUT2D eigenvalue weighted by Gasteiger charge is -2.58. The Balaban J connectivity index is 0.00000154. The van der Waals surface area contributed by atoms with Crippen molar-refractivity contribution in [3.05, 3.63) is 32.1 Å². The van der Waals surface area contributed by atoms with Crippen molar-refractivity contribution < 1.29 is 9.53 Å². The number of nitrogens with two attached hydrogens (primary N) is 1. The molecule has 3 fully saturated rings. The molecule has 7 atom stereocenters. The normalized spacial score (nSPS) is 31.8. The molecule has 7 unspecified atom stereocenters. The van der Waals surface area contributed by atoms with Gasteiger partial charge in [0, 0.05) is 13.1 Å². The standard InChI is InChI=1S/C37H61N3O3.CH3NO/c1-25(2)10-7-8-11-26-13-15-30-29-14-12-27-24-28(16-18-37(27,4)31(29)17-19-36(26,30)3)43-23-21-39-33-32(34(41)35(33)42)38-20-9-22-40(5)6;2-1-3/h12,25-26,28-31,38-39H,7-11,13-24H2,1-6H3;1H,(H2,2,3). The number of nitrogens with one attached hydrogen (secondary N) is 2. The van der Waals surface area contributed by atoms with Gasteiger partial charge in [0.2, 0.25) is 6.41 Å². The Labute approximate surface area is 278 Å². The third-order valence-corrected chi connectivity index (χ3v) is 12.6. The van der Waals surface area contributed by atoms with Gasteiger partial charge in [-0.15, -0.1) is 0 Å². The lowest BCUT2D eigenvalue weighted by atomic mass is 9.47. The second kappa shape index (κ2) is 16.3. The quantitative estimate of drug-likeness (QED) is 0.0887. The molecule has 0 heterocycles. The fraction of sp³-hybridized carbons (Fsp3) is 0.816. The number of amides is 1. The van der Waals surface area contributed by atoms with E-state index in [9.17, 15) is 9.59 Å². The Kier molecular flexibility index (Phi) is 13.0. The molecule has 4 aliphatic rings. The Hall–Kier alpha value is -2.19. The second-order valence-electron chi connectivity index (χ2n) is 16.0. The molecular formula is C38H64N4O4. The number of anilines is 2. The van der Waals surface area contributed by atoms with E-state index in [4.69, 9.17) is 9.53 Å². The molecule has 0 spiro atoms. The molecule has 8 heteroatoms. The van der Waals surface area contributed by atoms with E-state index in [2.05, 4.69) is 55.0 Å². The number of allylic oxidation sites excluding steroid dienone is 1. The van der Waals surface area contributed by atoms with E-state index in [-0.39, 0.29) is 12.5 Å². The molecule has 0 saturated heterocycles. The van der Waals surface area contributed by atoms with Crippen LogP contribution in [0.15, 0.2) is 21.2 Å². The topological polar surface area (TPSA) is 114 Å². The molecule has 1 aromatic rings. The molecule has 1 aromatic carbocycles. The molecule has 0 aliphatic heterocycles. The molecule has 8 nitrogen and oxygen atoms in total. The van der Waals surface area contributed by atoms with Gasteiger partial charge < -0.3 is 26.0 Å². The molecule has 4 aliphatic carbocycles. The van der Waals surface area contributed by atoms with Gasteiger partial charge in [0.05, 0.1) is 12.7 Å². The van der Waals surface area contributed by atoms with Gasteiger partial charge in [0.25, 0.3) is 10.9 Å².